The smallest absolute Gasteiger partial charge is 0.0316 e. The maximum absolute atomic E-state index is 3.74. The Hall–Kier alpha value is -0.780. The van der Waals surface area contributed by atoms with Gasteiger partial charge in [-0.3, -0.25) is 0 Å². The van der Waals surface area contributed by atoms with Crippen LogP contribution in [0.15, 0.2) is 37.0 Å². The zero-order valence-electron chi connectivity index (χ0n) is 11.0. The van der Waals surface area contributed by atoms with E-state index in [1.165, 1.54) is 57.8 Å². The van der Waals surface area contributed by atoms with Crippen molar-refractivity contribution in [2.45, 2.75) is 64.7 Å². The van der Waals surface area contributed by atoms with Crippen LogP contribution in [-0.4, -0.2) is 0 Å². The molecular formula is C16H28. The molecule has 0 aliphatic heterocycles. The molecule has 0 radical (unpaired) electrons. The molecule has 0 aromatic carbocycles. The van der Waals surface area contributed by atoms with Gasteiger partial charge in [-0.05, 0) is 45.4 Å². The highest BCUT2D eigenvalue weighted by Crippen LogP contribution is 2.08. The second kappa shape index (κ2) is 14.2. The molecule has 0 aromatic rings. The quantitative estimate of drug-likeness (QED) is 0.304. The highest BCUT2D eigenvalue weighted by molar-refractivity contribution is 4.86. The van der Waals surface area contributed by atoms with Crippen molar-refractivity contribution < 1.29 is 0 Å². The predicted octanol–water partition coefficient (Wildman–Crippen LogP) is 5.82. The lowest BCUT2D eigenvalue weighted by molar-refractivity contribution is 0.622. The molecule has 0 aliphatic rings. The maximum Gasteiger partial charge on any atom is -0.0316 e. The van der Waals surface area contributed by atoms with Crippen LogP contribution in [0.5, 0.6) is 0 Å². The normalized spacial score (nSPS) is 11.6. The van der Waals surface area contributed by atoms with Crippen LogP contribution in [0, 0.1) is 0 Å². The van der Waals surface area contributed by atoms with Crippen molar-refractivity contribution in [1.29, 1.82) is 0 Å². The first-order valence-corrected chi connectivity index (χ1v) is 6.79. The van der Waals surface area contributed by atoms with Crippen molar-refractivity contribution in [3.63, 3.8) is 0 Å². The summed E-state index contributed by atoms with van der Waals surface area (Å²) < 4.78 is 0. The predicted molar refractivity (Wildman–Crippen MR) is 75.7 cm³/mol. The Kier molecular flexibility index (Phi) is 13.5. The van der Waals surface area contributed by atoms with Crippen molar-refractivity contribution in [2.75, 3.05) is 0 Å². The van der Waals surface area contributed by atoms with Crippen LogP contribution in [-0.2, 0) is 0 Å². The molecule has 0 aliphatic carbocycles. The Labute approximate surface area is 102 Å². The van der Waals surface area contributed by atoms with E-state index in [4.69, 9.17) is 0 Å². The first kappa shape index (κ1) is 15.2. The summed E-state index contributed by atoms with van der Waals surface area (Å²) in [6.45, 7) is 5.82. The van der Waals surface area contributed by atoms with Crippen LogP contribution in [0.25, 0.3) is 0 Å². The van der Waals surface area contributed by atoms with E-state index in [1.54, 1.807) is 0 Å². The number of allylic oxidation sites excluding steroid dienone is 5. The third-order valence-corrected chi connectivity index (χ3v) is 2.68. The second-order valence-electron chi connectivity index (χ2n) is 4.25. The third-order valence-electron chi connectivity index (χ3n) is 2.68. The molecule has 0 atom stereocenters. The summed E-state index contributed by atoms with van der Waals surface area (Å²) in [7, 11) is 0. The maximum atomic E-state index is 3.74. The van der Waals surface area contributed by atoms with Crippen LogP contribution in [0.1, 0.15) is 64.7 Å². The Morgan fingerprint density at radius 1 is 0.688 bits per heavy atom. The third kappa shape index (κ3) is 13.2. The van der Waals surface area contributed by atoms with Gasteiger partial charge >= 0.3 is 0 Å². The lowest BCUT2D eigenvalue weighted by Gasteiger charge is -1.97. The molecule has 0 saturated carbocycles. The molecule has 0 saturated heterocycles. The summed E-state index contributed by atoms with van der Waals surface area (Å²) in [5.74, 6) is 0. The van der Waals surface area contributed by atoms with Crippen LogP contribution >= 0.6 is 0 Å². The summed E-state index contributed by atoms with van der Waals surface area (Å²) in [6.07, 6.45) is 22.7. The van der Waals surface area contributed by atoms with Gasteiger partial charge in [0.2, 0.25) is 0 Å². The van der Waals surface area contributed by atoms with Crippen molar-refractivity contribution in [3.05, 3.63) is 37.0 Å². The van der Waals surface area contributed by atoms with Crippen LogP contribution in [0.4, 0.5) is 0 Å². The van der Waals surface area contributed by atoms with Crippen LogP contribution < -0.4 is 0 Å². The van der Waals surface area contributed by atoms with Gasteiger partial charge in [0, 0.05) is 0 Å². The Balaban J connectivity index is 3.05. The van der Waals surface area contributed by atoms with Gasteiger partial charge in [0.05, 0.1) is 0 Å². The fourth-order valence-corrected chi connectivity index (χ4v) is 1.68. The van der Waals surface area contributed by atoms with Gasteiger partial charge in [0.15, 0.2) is 0 Å². The van der Waals surface area contributed by atoms with E-state index in [0.29, 0.717) is 0 Å². The highest BCUT2D eigenvalue weighted by Gasteiger charge is 1.88. The Morgan fingerprint density at radius 3 is 1.94 bits per heavy atom. The summed E-state index contributed by atoms with van der Waals surface area (Å²) in [6, 6.07) is 0. The number of rotatable bonds is 11. The summed E-state index contributed by atoms with van der Waals surface area (Å²) in [4.78, 5) is 0. The van der Waals surface area contributed by atoms with Gasteiger partial charge in [0.1, 0.15) is 0 Å². The molecular weight excluding hydrogens is 192 g/mol. The van der Waals surface area contributed by atoms with Gasteiger partial charge in [0.25, 0.3) is 0 Å². The standard InChI is InChI=1S/C16H28/c1-3-5-7-9-11-13-15-16-14-12-10-8-6-4-2/h3-4,6,12,14H,1,5,7-11,13,15-16H2,2H3. The average Bonchev–Trinajstić information content (AvgIpc) is 2.31. The van der Waals surface area contributed by atoms with E-state index in [2.05, 4.69) is 37.8 Å². The zero-order valence-corrected chi connectivity index (χ0v) is 11.0. The van der Waals surface area contributed by atoms with E-state index < -0.39 is 0 Å². The van der Waals surface area contributed by atoms with E-state index in [1.807, 2.05) is 6.08 Å². The van der Waals surface area contributed by atoms with Crippen LogP contribution in [0.3, 0.4) is 0 Å². The van der Waals surface area contributed by atoms with Crippen molar-refractivity contribution in [3.8, 4) is 0 Å². The molecule has 0 rings (SSSR count). The molecule has 0 N–H and O–H groups in total. The van der Waals surface area contributed by atoms with Gasteiger partial charge in [-0.25, -0.2) is 0 Å². The average molecular weight is 220 g/mol. The summed E-state index contributed by atoms with van der Waals surface area (Å²) in [5.41, 5.74) is 0. The van der Waals surface area contributed by atoms with Crippen molar-refractivity contribution in [2.24, 2.45) is 0 Å². The van der Waals surface area contributed by atoms with Crippen molar-refractivity contribution in [1.82, 2.24) is 0 Å². The van der Waals surface area contributed by atoms with Gasteiger partial charge in [-0.15, -0.1) is 6.58 Å². The first-order valence-electron chi connectivity index (χ1n) is 6.79. The molecule has 0 heterocycles. The van der Waals surface area contributed by atoms with E-state index in [9.17, 15) is 0 Å². The molecule has 0 heteroatoms. The number of hydrogen-bond acceptors (Lipinski definition) is 0. The van der Waals surface area contributed by atoms with E-state index >= 15 is 0 Å². The minimum Gasteiger partial charge on any atom is -0.103 e. The molecule has 16 heavy (non-hydrogen) atoms. The Bertz CT molecular complexity index is 186. The van der Waals surface area contributed by atoms with Gasteiger partial charge in [-0.1, -0.05) is 49.6 Å². The molecule has 0 nitrogen and oxygen atoms in total. The van der Waals surface area contributed by atoms with E-state index in [-0.39, 0.29) is 0 Å². The molecule has 0 bridgehead atoms. The number of hydrogen-bond donors (Lipinski definition) is 0. The molecule has 0 unspecified atom stereocenters. The topological polar surface area (TPSA) is 0 Å². The SMILES string of the molecule is C=CCCCCCCCC=CCCC=CC. The molecule has 0 spiro atoms. The van der Waals surface area contributed by atoms with Gasteiger partial charge in [-0.2, -0.15) is 0 Å². The first-order chi connectivity index (χ1) is 7.91. The largest absolute Gasteiger partial charge is 0.103 e. The lowest BCUT2D eigenvalue weighted by Crippen LogP contribution is -1.78. The fraction of sp³-hybridized carbons (Fsp3) is 0.625. The summed E-state index contributed by atoms with van der Waals surface area (Å²) >= 11 is 0. The fourth-order valence-electron chi connectivity index (χ4n) is 1.68. The zero-order chi connectivity index (χ0) is 11.9. The molecule has 92 valence electrons. The van der Waals surface area contributed by atoms with E-state index in [0.717, 1.165) is 0 Å². The number of unbranched alkanes of at least 4 members (excludes halogenated alkanes) is 7. The molecule has 0 aromatic heterocycles. The van der Waals surface area contributed by atoms with Crippen LogP contribution in [0.2, 0.25) is 0 Å². The molecule has 0 amide bonds. The molecule has 0 fully saturated rings. The minimum absolute atomic E-state index is 1.19. The Morgan fingerprint density at radius 2 is 1.25 bits per heavy atom. The lowest BCUT2D eigenvalue weighted by atomic mass is 10.1. The highest BCUT2D eigenvalue weighted by atomic mass is 13.9. The van der Waals surface area contributed by atoms with Gasteiger partial charge < -0.3 is 0 Å². The summed E-state index contributed by atoms with van der Waals surface area (Å²) in [5, 5.41) is 0. The van der Waals surface area contributed by atoms with Crippen molar-refractivity contribution >= 4 is 0 Å². The monoisotopic (exact) mass is 220 g/mol. The minimum atomic E-state index is 1.19. The second-order valence-corrected chi connectivity index (χ2v) is 4.25.